The molecule has 2 aromatic carbocycles. The van der Waals surface area contributed by atoms with Gasteiger partial charge in [-0.05, 0) is 48.4 Å². The minimum absolute atomic E-state index is 0.0908. The highest BCUT2D eigenvalue weighted by Gasteiger charge is 2.23. The van der Waals surface area contributed by atoms with Crippen LogP contribution in [0.15, 0.2) is 47.4 Å². The predicted octanol–water partition coefficient (Wildman–Crippen LogP) is 1.98. The van der Waals surface area contributed by atoms with Gasteiger partial charge in [0.1, 0.15) is 5.75 Å². The number of anilines is 1. The second kappa shape index (κ2) is 5.75. The van der Waals surface area contributed by atoms with E-state index in [0.29, 0.717) is 17.8 Å². The second-order valence-electron chi connectivity index (χ2n) is 4.79. The van der Waals surface area contributed by atoms with Gasteiger partial charge in [0.15, 0.2) is 0 Å². The zero-order valence-electron chi connectivity index (χ0n) is 11.9. The Morgan fingerprint density at radius 2 is 1.76 bits per heavy atom. The van der Waals surface area contributed by atoms with Crippen LogP contribution >= 0.6 is 0 Å². The number of hydrogen-bond acceptors (Lipinski definition) is 4. The van der Waals surface area contributed by atoms with Crippen LogP contribution in [0.2, 0.25) is 0 Å². The third kappa shape index (κ3) is 3.01. The largest absolute Gasteiger partial charge is 0.508 e. The average Bonchev–Trinajstić information content (AvgIpc) is 2.46. The Kier molecular flexibility index (Phi) is 4.20. The van der Waals surface area contributed by atoms with E-state index in [1.54, 1.807) is 37.3 Å². The molecule has 0 aliphatic carbocycles. The van der Waals surface area contributed by atoms with Crippen molar-refractivity contribution >= 4 is 15.7 Å². The molecule has 0 aromatic heterocycles. The molecule has 0 aliphatic rings. The Morgan fingerprint density at radius 1 is 1.14 bits per heavy atom. The first-order chi connectivity index (χ1) is 9.86. The first kappa shape index (κ1) is 15.3. The Balaban J connectivity index is 2.44. The van der Waals surface area contributed by atoms with Crippen LogP contribution in [0.3, 0.4) is 0 Å². The number of benzene rings is 2. The van der Waals surface area contributed by atoms with Gasteiger partial charge in [0.2, 0.25) is 0 Å². The van der Waals surface area contributed by atoms with Crippen molar-refractivity contribution in [2.45, 2.75) is 18.4 Å². The molecule has 0 amide bonds. The summed E-state index contributed by atoms with van der Waals surface area (Å²) < 4.78 is 26.5. The minimum Gasteiger partial charge on any atom is -0.508 e. The van der Waals surface area contributed by atoms with Gasteiger partial charge in [-0.15, -0.1) is 0 Å². The van der Waals surface area contributed by atoms with E-state index in [-0.39, 0.29) is 10.6 Å². The van der Waals surface area contributed by atoms with Gasteiger partial charge in [-0.1, -0.05) is 12.1 Å². The summed E-state index contributed by atoms with van der Waals surface area (Å²) in [6.07, 6.45) is 0. The summed E-state index contributed by atoms with van der Waals surface area (Å²) in [4.78, 5) is 0.246. The van der Waals surface area contributed by atoms with Crippen molar-refractivity contribution < 1.29 is 13.5 Å². The molecule has 5 nitrogen and oxygen atoms in total. The van der Waals surface area contributed by atoms with Gasteiger partial charge in [-0.3, -0.25) is 4.31 Å². The van der Waals surface area contributed by atoms with Gasteiger partial charge in [0.05, 0.1) is 10.6 Å². The Morgan fingerprint density at radius 3 is 2.29 bits per heavy atom. The van der Waals surface area contributed by atoms with Crippen molar-refractivity contribution in [3.8, 4) is 5.75 Å². The van der Waals surface area contributed by atoms with E-state index in [0.717, 1.165) is 5.56 Å². The lowest BCUT2D eigenvalue weighted by Crippen LogP contribution is -2.27. The number of nitrogens with two attached hydrogens (primary N) is 1. The quantitative estimate of drug-likeness (QED) is 0.904. The molecule has 2 rings (SSSR count). The maximum Gasteiger partial charge on any atom is 0.264 e. The Bertz CT molecular complexity index is 740. The highest BCUT2D eigenvalue weighted by atomic mass is 32.2. The maximum atomic E-state index is 12.7. The lowest BCUT2D eigenvalue weighted by molar-refractivity contribution is 0.475. The summed E-state index contributed by atoms with van der Waals surface area (Å²) in [5, 5.41) is 9.28. The van der Waals surface area contributed by atoms with E-state index in [4.69, 9.17) is 5.73 Å². The van der Waals surface area contributed by atoms with Gasteiger partial charge < -0.3 is 10.8 Å². The molecular formula is C15H18N2O3S. The van der Waals surface area contributed by atoms with Crippen molar-refractivity contribution in [2.24, 2.45) is 5.73 Å². The monoisotopic (exact) mass is 306 g/mol. The zero-order valence-corrected chi connectivity index (χ0v) is 12.8. The maximum absolute atomic E-state index is 12.7. The summed E-state index contributed by atoms with van der Waals surface area (Å²) in [6.45, 7) is 2.12. The van der Waals surface area contributed by atoms with Crippen LogP contribution in [0.1, 0.15) is 11.1 Å². The van der Waals surface area contributed by atoms with E-state index >= 15 is 0 Å². The number of hydrogen-bond donors (Lipinski definition) is 2. The molecule has 21 heavy (non-hydrogen) atoms. The van der Waals surface area contributed by atoms with Crippen molar-refractivity contribution in [3.05, 3.63) is 53.6 Å². The predicted molar refractivity (Wildman–Crippen MR) is 82.8 cm³/mol. The van der Waals surface area contributed by atoms with Crippen molar-refractivity contribution in [3.63, 3.8) is 0 Å². The minimum atomic E-state index is -3.65. The molecule has 0 atom stereocenters. The summed E-state index contributed by atoms with van der Waals surface area (Å²) in [5.74, 6) is 0.0908. The summed E-state index contributed by atoms with van der Waals surface area (Å²) in [7, 11) is -2.17. The highest BCUT2D eigenvalue weighted by Crippen LogP contribution is 2.26. The highest BCUT2D eigenvalue weighted by molar-refractivity contribution is 7.92. The summed E-state index contributed by atoms with van der Waals surface area (Å²) in [6, 6.07) is 11.1. The van der Waals surface area contributed by atoms with Crippen molar-refractivity contribution in [1.29, 1.82) is 0 Å². The lowest BCUT2D eigenvalue weighted by atomic mass is 10.1. The molecule has 112 valence electrons. The van der Waals surface area contributed by atoms with Crippen LogP contribution in [0.25, 0.3) is 0 Å². The van der Waals surface area contributed by atoms with Gasteiger partial charge in [-0.2, -0.15) is 0 Å². The SMILES string of the molecule is Cc1cc(CN)ccc1S(=O)(=O)N(C)c1ccc(O)cc1. The van der Waals surface area contributed by atoms with Crippen LogP contribution < -0.4 is 10.0 Å². The van der Waals surface area contributed by atoms with Crippen LogP contribution in [-0.4, -0.2) is 20.6 Å². The van der Waals surface area contributed by atoms with E-state index < -0.39 is 10.0 Å². The smallest absolute Gasteiger partial charge is 0.264 e. The van der Waals surface area contributed by atoms with Crippen LogP contribution in [0.5, 0.6) is 5.75 Å². The molecule has 0 heterocycles. The number of rotatable bonds is 4. The fourth-order valence-electron chi connectivity index (χ4n) is 2.08. The number of phenolic OH excluding ortho intramolecular Hbond substituents is 1. The van der Waals surface area contributed by atoms with Crippen LogP contribution in [0.4, 0.5) is 5.69 Å². The zero-order chi connectivity index (χ0) is 15.6. The molecule has 2 aromatic rings. The first-order valence-electron chi connectivity index (χ1n) is 6.44. The molecule has 0 fully saturated rings. The molecule has 0 saturated carbocycles. The average molecular weight is 306 g/mol. The van der Waals surface area contributed by atoms with Gasteiger partial charge >= 0.3 is 0 Å². The lowest BCUT2D eigenvalue weighted by Gasteiger charge is -2.21. The summed E-state index contributed by atoms with van der Waals surface area (Å²) >= 11 is 0. The number of aryl methyl sites for hydroxylation is 1. The van der Waals surface area contributed by atoms with E-state index in [1.807, 2.05) is 0 Å². The molecule has 3 N–H and O–H groups in total. The standard InChI is InChI=1S/C15H18N2O3S/c1-11-9-12(10-16)3-8-15(11)21(19,20)17(2)13-4-6-14(18)7-5-13/h3-9,18H,10,16H2,1-2H3. The molecule has 0 aliphatic heterocycles. The third-order valence-corrected chi connectivity index (χ3v) is 5.27. The second-order valence-corrected chi connectivity index (χ2v) is 6.73. The van der Waals surface area contributed by atoms with Crippen LogP contribution in [-0.2, 0) is 16.6 Å². The van der Waals surface area contributed by atoms with Crippen LogP contribution in [0, 0.1) is 6.92 Å². The molecule has 0 saturated heterocycles. The van der Waals surface area contributed by atoms with E-state index in [9.17, 15) is 13.5 Å². The van der Waals surface area contributed by atoms with E-state index in [2.05, 4.69) is 0 Å². The fourth-order valence-corrected chi connectivity index (χ4v) is 3.48. The normalized spacial score (nSPS) is 11.4. The fraction of sp³-hybridized carbons (Fsp3) is 0.200. The molecule has 0 radical (unpaired) electrons. The number of phenols is 1. The first-order valence-corrected chi connectivity index (χ1v) is 7.88. The van der Waals surface area contributed by atoms with E-state index in [1.165, 1.54) is 23.5 Å². The molecule has 0 unspecified atom stereocenters. The molecule has 0 bridgehead atoms. The third-order valence-electron chi connectivity index (χ3n) is 3.33. The number of sulfonamides is 1. The Hall–Kier alpha value is -2.05. The summed E-state index contributed by atoms with van der Waals surface area (Å²) in [5.41, 5.74) is 7.58. The number of aromatic hydroxyl groups is 1. The van der Waals surface area contributed by atoms with Crippen molar-refractivity contribution in [2.75, 3.05) is 11.4 Å². The van der Waals surface area contributed by atoms with Crippen molar-refractivity contribution in [1.82, 2.24) is 0 Å². The van der Waals surface area contributed by atoms with Gasteiger partial charge in [-0.25, -0.2) is 8.42 Å². The van der Waals surface area contributed by atoms with Gasteiger partial charge in [0.25, 0.3) is 10.0 Å². The topological polar surface area (TPSA) is 83.6 Å². The Labute approximate surface area is 124 Å². The molecular weight excluding hydrogens is 288 g/mol. The van der Waals surface area contributed by atoms with Gasteiger partial charge in [0, 0.05) is 13.6 Å². The molecule has 0 spiro atoms. The number of nitrogens with zero attached hydrogens (tertiary/aromatic N) is 1. The molecule has 6 heteroatoms.